The highest BCUT2D eigenvalue weighted by atomic mass is 32.2. The van der Waals surface area contributed by atoms with Gasteiger partial charge in [-0.05, 0) is 40.5 Å². The number of nitro benzene ring substituents is 1. The molecule has 1 heterocycles. The number of nitro groups is 1. The largest absolute Gasteiger partial charge is 0.460 e. The fourth-order valence-corrected chi connectivity index (χ4v) is 5.06. The highest BCUT2D eigenvalue weighted by molar-refractivity contribution is 7.92. The zero-order valence-electron chi connectivity index (χ0n) is 18.1. The third kappa shape index (κ3) is 5.38. The molecule has 0 aliphatic carbocycles. The van der Waals surface area contributed by atoms with Crippen LogP contribution in [0.2, 0.25) is 0 Å². The molecule has 1 aliphatic rings. The number of non-ortho nitro benzene ring substituents is 1. The lowest BCUT2D eigenvalue weighted by atomic mass is 9.96. The highest BCUT2D eigenvalue weighted by Crippen LogP contribution is 2.28. The summed E-state index contributed by atoms with van der Waals surface area (Å²) in [5.41, 5.74) is 2.94. The number of nitrogens with zero attached hydrogens (tertiary/aromatic N) is 2. The van der Waals surface area contributed by atoms with Crippen LogP contribution in [0.5, 0.6) is 0 Å². The third-order valence-electron chi connectivity index (χ3n) is 5.56. The molecule has 0 aromatic heterocycles. The van der Waals surface area contributed by atoms with Gasteiger partial charge in [-0.1, -0.05) is 54.6 Å². The number of rotatable bonds is 7. The monoisotopic (exact) mass is 478 g/mol. The van der Waals surface area contributed by atoms with E-state index in [0.29, 0.717) is 5.56 Å². The second kappa shape index (κ2) is 9.98. The van der Waals surface area contributed by atoms with Gasteiger partial charge < -0.3 is 4.74 Å². The summed E-state index contributed by atoms with van der Waals surface area (Å²) in [5.74, 6) is -0.676. The van der Waals surface area contributed by atoms with Crippen molar-refractivity contribution < 1.29 is 22.9 Å². The minimum atomic E-state index is -3.94. The molecule has 1 atom stereocenters. The zero-order valence-corrected chi connectivity index (χ0v) is 18.9. The van der Waals surface area contributed by atoms with Gasteiger partial charge in [-0.15, -0.1) is 0 Å². The smallest absolute Gasteiger partial charge is 0.325 e. The number of benzene rings is 3. The Balaban J connectivity index is 1.55. The number of carbonyl (C=O) groups excluding carboxylic acids is 1. The van der Waals surface area contributed by atoms with Crippen LogP contribution in [-0.4, -0.2) is 29.7 Å². The maximum absolute atomic E-state index is 13.2. The molecule has 0 amide bonds. The molecular weight excluding hydrogens is 456 g/mol. The number of fused-ring (bicyclic) bond motifs is 1. The van der Waals surface area contributed by atoms with Crippen molar-refractivity contribution in [2.45, 2.75) is 25.6 Å². The fourth-order valence-electron chi connectivity index (χ4n) is 3.74. The van der Waals surface area contributed by atoms with Crippen LogP contribution >= 0.6 is 0 Å². The maximum atomic E-state index is 13.2. The van der Waals surface area contributed by atoms with Gasteiger partial charge in [0.1, 0.15) is 12.6 Å². The van der Waals surface area contributed by atoms with Crippen LogP contribution in [0.1, 0.15) is 22.3 Å². The van der Waals surface area contributed by atoms with Gasteiger partial charge >= 0.3 is 5.97 Å². The van der Waals surface area contributed by atoms with Crippen LogP contribution in [0.15, 0.2) is 84.3 Å². The van der Waals surface area contributed by atoms with E-state index >= 15 is 0 Å². The van der Waals surface area contributed by atoms with Crippen molar-refractivity contribution >= 4 is 27.8 Å². The molecule has 3 aromatic carbocycles. The summed E-state index contributed by atoms with van der Waals surface area (Å²) in [6, 6.07) is 21.0. The van der Waals surface area contributed by atoms with Crippen LogP contribution in [0.4, 0.5) is 5.69 Å². The SMILES string of the molecule is O=C(OCc1ccc([N+](=O)[O-])cc1)C1Cc2ccccc2CN1S(=O)(=O)/C=C/c1ccccc1. The second-order valence-electron chi connectivity index (χ2n) is 7.82. The normalized spacial score (nSPS) is 16.2. The first-order chi connectivity index (χ1) is 16.3. The number of hydrogen-bond acceptors (Lipinski definition) is 6. The lowest BCUT2D eigenvalue weighted by Crippen LogP contribution is -2.48. The van der Waals surface area contributed by atoms with Gasteiger partial charge in [0.15, 0.2) is 0 Å². The van der Waals surface area contributed by atoms with Gasteiger partial charge in [0.25, 0.3) is 5.69 Å². The van der Waals surface area contributed by atoms with Gasteiger partial charge in [-0.3, -0.25) is 14.9 Å². The Morgan fingerprint density at radius 2 is 1.65 bits per heavy atom. The standard InChI is InChI=1S/C25H22N2O6S/c28-25(33-18-20-10-12-23(13-11-20)27(29)30)24-16-21-8-4-5-9-22(21)17-26(24)34(31,32)15-14-19-6-2-1-3-7-19/h1-15,24H,16-18H2/b15-14+. The topological polar surface area (TPSA) is 107 Å². The minimum absolute atomic E-state index is 0.0505. The maximum Gasteiger partial charge on any atom is 0.325 e. The molecule has 0 bridgehead atoms. The Labute approximate surface area is 197 Å². The molecule has 1 aliphatic heterocycles. The summed E-state index contributed by atoms with van der Waals surface area (Å²) in [6.07, 6.45) is 1.68. The molecule has 0 N–H and O–H groups in total. The molecule has 174 valence electrons. The summed E-state index contributed by atoms with van der Waals surface area (Å²) in [4.78, 5) is 23.3. The van der Waals surface area contributed by atoms with Crippen LogP contribution in [0.25, 0.3) is 6.08 Å². The Bertz CT molecular complexity index is 1320. The van der Waals surface area contributed by atoms with E-state index in [9.17, 15) is 23.3 Å². The van der Waals surface area contributed by atoms with Crippen LogP contribution in [0.3, 0.4) is 0 Å². The van der Waals surface area contributed by atoms with Crippen LogP contribution in [-0.2, 0) is 39.1 Å². The molecule has 34 heavy (non-hydrogen) atoms. The molecule has 9 heteroatoms. The van der Waals surface area contributed by atoms with Crippen LogP contribution < -0.4 is 0 Å². The van der Waals surface area contributed by atoms with Crippen LogP contribution in [0, 0.1) is 10.1 Å². The molecule has 3 aromatic rings. The van der Waals surface area contributed by atoms with Crippen molar-refractivity contribution in [2.24, 2.45) is 0 Å². The molecule has 1 unspecified atom stereocenters. The number of hydrogen-bond donors (Lipinski definition) is 0. The summed E-state index contributed by atoms with van der Waals surface area (Å²) in [6.45, 7) is -0.0718. The molecule has 8 nitrogen and oxygen atoms in total. The van der Waals surface area contributed by atoms with E-state index < -0.39 is 27.0 Å². The average Bonchev–Trinajstić information content (AvgIpc) is 2.86. The Hall–Kier alpha value is -3.82. The zero-order chi connectivity index (χ0) is 24.1. The Kier molecular flexibility index (Phi) is 6.85. The lowest BCUT2D eigenvalue weighted by Gasteiger charge is -2.33. The second-order valence-corrected chi connectivity index (χ2v) is 9.59. The first-order valence-electron chi connectivity index (χ1n) is 10.6. The van der Waals surface area contributed by atoms with E-state index in [1.165, 1.54) is 30.3 Å². The Morgan fingerprint density at radius 3 is 2.32 bits per heavy atom. The summed E-state index contributed by atoms with van der Waals surface area (Å²) < 4.78 is 33.0. The quantitative estimate of drug-likeness (QED) is 0.288. The van der Waals surface area contributed by atoms with Gasteiger partial charge in [0.2, 0.25) is 10.0 Å². The highest BCUT2D eigenvalue weighted by Gasteiger charge is 2.38. The molecule has 4 rings (SSSR count). The van der Waals surface area contributed by atoms with Gasteiger partial charge in [-0.2, -0.15) is 4.31 Å². The first-order valence-corrected chi connectivity index (χ1v) is 12.1. The molecule has 0 saturated heterocycles. The van der Waals surface area contributed by atoms with E-state index in [0.717, 1.165) is 26.4 Å². The molecule has 0 saturated carbocycles. The predicted molar refractivity (Wildman–Crippen MR) is 127 cm³/mol. The van der Waals surface area contributed by atoms with Crippen molar-refractivity contribution in [1.82, 2.24) is 4.31 Å². The van der Waals surface area contributed by atoms with Crippen molar-refractivity contribution in [2.75, 3.05) is 0 Å². The van der Waals surface area contributed by atoms with Crippen molar-refractivity contribution in [1.29, 1.82) is 0 Å². The summed E-state index contributed by atoms with van der Waals surface area (Å²) in [5, 5.41) is 11.9. The fraction of sp³-hybridized carbons (Fsp3) is 0.160. The Morgan fingerprint density at radius 1 is 1.00 bits per heavy atom. The van der Waals surface area contributed by atoms with E-state index in [-0.39, 0.29) is 25.3 Å². The predicted octanol–water partition coefficient (Wildman–Crippen LogP) is 4.07. The van der Waals surface area contributed by atoms with Crippen molar-refractivity contribution in [3.63, 3.8) is 0 Å². The van der Waals surface area contributed by atoms with E-state index in [2.05, 4.69) is 0 Å². The third-order valence-corrected chi connectivity index (χ3v) is 7.08. The number of sulfonamides is 1. The number of esters is 1. The first kappa shape index (κ1) is 23.3. The summed E-state index contributed by atoms with van der Waals surface area (Å²) >= 11 is 0. The number of carbonyl (C=O) groups is 1. The van der Waals surface area contributed by atoms with E-state index in [4.69, 9.17) is 4.74 Å². The minimum Gasteiger partial charge on any atom is -0.460 e. The summed E-state index contributed by atoms with van der Waals surface area (Å²) in [7, 11) is -3.94. The van der Waals surface area contributed by atoms with E-state index in [1.54, 1.807) is 12.1 Å². The van der Waals surface area contributed by atoms with Crippen molar-refractivity contribution in [3.8, 4) is 0 Å². The van der Waals surface area contributed by atoms with Gasteiger partial charge in [0, 0.05) is 30.5 Å². The molecular formula is C25H22N2O6S. The molecule has 0 fully saturated rings. The van der Waals surface area contributed by atoms with Gasteiger partial charge in [-0.25, -0.2) is 8.42 Å². The average molecular weight is 479 g/mol. The molecule has 0 radical (unpaired) electrons. The van der Waals surface area contributed by atoms with E-state index in [1.807, 2.05) is 42.5 Å². The number of ether oxygens (including phenoxy) is 1. The van der Waals surface area contributed by atoms with Crippen molar-refractivity contribution in [3.05, 3.63) is 117 Å². The van der Waals surface area contributed by atoms with Gasteiger partial charge in [0.05, 0.1) is 4.92 Å². The lowest BCUT2D eigenvalue weighted by molar-refractivity contribution is -0.384. The molecule has 0 spiro atoms.